The predicted molar refractivity (Wildman–Crippen MR) is 108 cm³/mol. The van der Waals surface area contributed by atoms with E-state index in [1.165, 1.54) is 5.56 Å². The average molecular weight is 389 g/mol. The van der Waals surface area contributed by atoms with Crippen molar-refractivity contribution >= 4 is 5.91 Å². The molecule has 1 fully saturated rings. The zero-order chi connectivity index (χ0) is 19.8. The molecule has 2 aliphatic rings. The van der Waals surface area contributed by atoms with E-state index in [1.54, 1.807) is 6.20 Å². The zero-order valence-electron chi connectivity index (χ0n) is 16.4. The van der Waals surface area contributed by atoms with Gasteiger partial charge in [0.05, 0.1) is 12.2 Å². The molecule has 1 atom stereocenters. The number of likely N-dealkylation sites (tertiary alicyclic amines) is 1. The number of ether oxygens (including phenoxy) is 1. The van der Waals surface area contributed by atoms with Crippen molar-refractivity contribution < 1.29 is 9.53 Å². The van der Waals surface area contributed by atoms with E-state index in [4.69, 9.17) is 4.74 Å². The molecule has 4 heterocycles. The van der Waals surface area contributed by atoms with Crippen molar-refractivity contribution in [1.29, 1.82) is 0 Å². The van der Waals surface area contributed by atoms with E-state index >= 15 is 0 Å². The van der Waals surface area contributed by atoms with Crippen LogP contribution in [0.1, 0.15) is 46.3 Å². The molecule has 5 rings (SSSR count). The third-order valence-electron chi connectivity index (χ3n) is 5.70. The number of H-pyrrole nitrogens is 1. The van der Waals surface area contributed by atoms with Gasteiger partial charge < -0.3 is 9.64 Å². The van der Waals surface area contributed by atoms with Crippen molar-refractivity contribution in [1.82, 2.24) is 25.1 Å². The summed E-state index contributed by atoms with van der Waals surface area (Å²) in [5, 5.41) is 7.19. The van der Waals surface area contributed by atoms with Crippen molar-refractivity contribution in [3.8, 4) is 16.9 Å². The second-order valence-electron chi connectivity index (χ2n) is 7.75. The van der Waals surface area contributed by atoms with Gasteiger partial charge >= 0.3 is 0 Å². The Morgan fingerprint density at radius 2 is 2.17 bits per heavy atom. The van der Waals surface area contributed by atoms with Crippen LogP contribution >= 0.6 is 0 Å². The Labute approximate surface area is 169 Å². The van der Waals surface area contributed by atoms with Gasteiger partial charge in [-0.3, -0.25) is 14.9 Å². The molecule has 1 aromatic carbocycles. The molecule has 3 aromatic rings. The summed E-state index contributed by atoms with van der Waals surface area (Å²) in [4.78, 5) is 23.9. The number of aryl methyl sites for hydroxylation is 1. The summed E-state index contributed by atoms with van der Waals surface area (Å²) >= 11 is 0. The lowest BCUT2D eigenvalue weighted by molar-refractivity contribution is 0.0704. The molecule has 0 spiro atoms. The first-order valence-corrected chi connectivity index (χ1v) is 10.1. The Balaban J connectivity index is 1.37. The Morgan fingerprint density at radius 3 is 3.03 bits per heavy atom. The lowest BCUT2D eigenvalue weighted by atomic mass is 9.96. The molecule has 0 radical (unpaired) electrons. The van der Waals surface area contributed by atoms with Gasteiger partial charge in [-0.2, -0.15) is 5.10 Å². The smallest absolute Gasteiger partial charge is 0.255 e. The highest BCUT2D eigenvalue weighted by Crippen LogP contribution is 2.31. The minimum Gasteiger partial charge on any atom is -0.493 e. The van der Waals surface area contributed by atoms with E-state index in [1.807, 2.05) is 36.2 Å². The Bertz CT molecular complexity index is 1060. The van der Waals surface area contributed by atoms with Crippen LogP contribution in [0.2, 0.25) is 0 Å². The zero-order valence-corrected chi connectivity index (χ0v) is 16.4. The number of piperidine rings is 1. The van der Waals surface area contributed by atoms with Crippen molar-refractivity contribution in [2.45, 2.75) is 32.1 Å². The number of aromatic amines is 1. The van der Waals surface area contributed by atoms with Gasteiger partial charge in [0.2, 0.25) is 0 Å². The first kappa shape index (κ1) is 17.8. The first-order valence-electron chi connectivity index (χ1n) is 10.1. The van der Waals surface area contributed by atoms with Crippen LogP contribution in [0.3, 0.4) is 0 Å². The number of carbonyl (C=O) groups is 1. The second kappa shape index (κ2) is 7.31. The van der Waals surface area contributed by atoms with Gasteiger partial charge in [0, 0.05) is 43.4 Å². The monoisotopic (exact) mass is 389 g/mol. The molecule has 1 saturated heterocycles. The van der Waals surface area contributed by atoms with E-state index < -0.39 is 0 Å². The van der Waals surface area contributed by atoms with E-state index in [2.05, 4.69) is 26.2 Å². The number of carbonyl (C=O) groups excluding carboxylic acids is 1. The van der Waals surface area contributed by atoms with Crippen LogP contribution in [0.5, 0.6) is 5.75 Å². The number of nitrogens with zero attached hydrogens (tertiary/aromatic N) is 4. The highest BCUT2D eigenvalue weighted by Gasteiger charge is 2.28. The van der Waals surface area contributed by atoms with Gasteiger partial charge in [0.1, 0.15) is 11.6 Å². The summed E-state index contributed by atoms with van der Waals surface area (Å²) in [6.45, 7) is 4.01. The standard InChI is InChI=1S/C22H23N5O2/c1-14-24-21(26-25-14)17-3-2-7-27(13-17)22(28)19-10-18(11-23-12-19)15-4-5-20-16(9-15)6-8-29-20/h4-5,9-12,17H,2-3,6-8,13H2,1H3,(H,24,25,26)/t17-/m0/s1. The van der Waals surface area contributed by atoms with Gasteiger partial charge in [0.25, 0.3) is 5.91 Å². The summed E-state index contributed by atoms with van der Waals surface area (Å²) in [7, 11) is 0. The Kier molecular flexibility index (Phi) is 4.50. The van der Waals surface area contributed by atoms with Crippen LogP contribution in [0.25, 0.3) is 11.1 Å². The summed E-state index contributed by atoms with van der Waals surface area (Å²) in [5.74, 6) is 2.74. The number of aromatic nitrogens is 4. The summed E-state index contributed by atoms with van der Waals surface area (Å²) < 4.78 is 5.59. The number of nitrogens with one attached hydrogen (secondary N) is 1. The molecule has 1 amide bonds. The highest BCUT2D eigenvalue weighted by molar-refractivity contribution is 5.95. The third-order valence-corrected chi connectivity index (χ3v) is 5.70. The van der Waals surface area contributed by atoms with Crippen molar-refractivity contribution in [3.05, 3.63) is 59.4 Å². The van der Waals surface area contributed by atoms with Crippen molar-refractivity contribution in [2.24, 2.45) is 0 Å². The molecule has 2 aromatic heterocycles. The molecule has 148 valence electrons. The maximum atomic E-state index is 13.2. The molecule has 29 heavy (non-hydrogen) atoms. The van der Waals surface area contributed by atoms with Gasteiger partial charge in [-0.15, -0.1) is 0 Å². The molecule has 1 N–H and O–H groups in total. The molecular weight excluding hydrogens is 366 g/mol. The summed E-state index contributed by atoms with van der Waals surface area (Å²) in [6.07, 6.45) is 6.33. The van der Waals surface area contributed by atoms with Crippen LogP contribution in [-0.2, 0) is 6.42 Å². The average Bonchev–Trinajstić information content (AvgIpc) is 3.41. The lowest BCUT2D eigenvalue weighted by Crippen LogP contribution is -2.39. The van der Waals surface area contributed by atoms with E-state index in [0.717, 1.165) is 60.9 Å². The predicted octanol–water partition coefficient (Wildman–Crippen LogP) is 3.13. The van der Waals surface area contributed by atoms with Crippen LogP contribution in [-0.4, -0.2) is 50.7 Å². The number of rotatable bonds is 3. The maximum Gasteiger partial charge on any atom is 0.255 e. The number of hydrogen-bond acceptors (Lipinski definition) is 5. The normalized spacial score (nSPS) is 18.4. The van der Waals surface area contributed by atoms with Crippen LogP contribution in [0.4, 0.5) is 0 Å². The molecule has 7 heteroatoms. The molecule has 0 bridgehead atoms. The minimum absolute atomic E-state index is 0.0146. The molecule has 0 unspecified atom stereocenters. The van der Waals surface area contributed by atoms with Gasteiger partial charge in [-0.05, 0) is 49.1 Å². The van der Waals surface area contributed by atoms with Crippen molar-refractivity contribution in [2.75, 3.05) is 19.7 Å². The summed E-state index contributed by atoms with van der Waals surface area (Å²) in [5.41, 5.74) is 3.83. The topological polar surface area (TPSA) is 84.0 Å². The number of hydrogen-bond donors (Lipinski definition) is 1. The molecule has 7 nitrogen and oxygen atoms in total. The fourth-order valence-electron chi connectivity index (χ4n) is 4.18. The number of pyridine rings is 1. The maximum absolute atomic E-state index is 13.2. The minimum atomic E-state index is 0.0146. The fraction of sp³-hybridized carbons (Fsp3) is 0.364. The van der Waals surface area contributed by atoms with Crippen molar-refractivity contribution in [3.63, 3.8) is 0 Å². The number of amides is 1. The first-order chi connectivity index (χ1) is 14.2. The van der Waals surface area contributed by atoms with Gasteiger partial charge in [-0.1, -0.05) is 6.07 Å². The van der Waals surface area contributed by atoms with E-state index in [0.29, 0.717) is 12.1 Å². The van der Waals surface area contributed by atoms with E-state index in [9.17, 15) is 4.79 Å². The second-order valence-corrected chi connectivity index (χ2v) is 7.75. The molecule has 0 saturated carbocycles. The molecule has 0 aliphatic carbocycles. The van der Waals surface area contributed by atoms with Crippen LogP contribution in [0, 0.1) is 6.92 Å². The van der Waals surface area contributed by atoms with Crippen LogP contribution < -0.4 is 4.74 Å². The van der Waals surface area contributed by atoms with Crippen LogP contribution in [0.15, 0.2) is 36.7 Å². The fourth-order valence-corrected chi connectivity index (χ4v) is 4.18. The molecule has 2 aliphatic heterocycles. The SMILES string of the molecule is Cc1nc([C@H]2CCCN(C(=O)c3cncc(-c4ccc5c(c4)CCO5)c3)C2)n[nH]1. The lowest BCUT2D eigenvalue weighted by Gasteiger charge is -2.31. The Morgan fingerprint density at radius 1 is 1.24 bits per heavy atom. The third kappa shape index (κ3) is 3.48. The quantitative estimate of drug-likeness (QED) is 0.744. The Hall–Kier alpha value is -3.22. The number of benzene rings is 1. The molecular formula is C22H23N5O2. The summed E-state index contributed by atoms with van der Waals surface area (Å²) in [6, 6.07) is 8.10. The van der Waals surface area contributed by atoms with Gasteiger partial charge in [-0.25, -0.2) is 4.98 Å². The largest absolute Gasteiger partial charge is 0.493 e. The highest BCUT2D eigenvalue weighted by atomic mass is 16.5. The van der Waals surface area contributed by atoms with E-state index in [-0.39, 0.29) is 11.8 Å². The number of fused-ring (bicyclic) bond motifs is 1. The van der Waals surface area contributed by atoms with Gasteiger partial charge in [0.15, 0.2) is 5.82 Å².